The molecule has 0 radical (unpaired) electrons. The van der Waals surface area contributed by atoms with E-state index in [1.165, 1.54) is 28.1 Å². The van der Waals surface area contributed by atoms with Gasteiger partial charge in [0.05, 0.1) is 15.9 Å². The molecule has 3 nitrogen and oxygen atoms in total. The van der Waals surface area contributed by atoms with Crippen LogP contribution >= 0.6 is 27.7 Å². The number of nitrogens with one attached hydrogen (secondary N) is 1. The lowest BCUT2D eigenvalue weighted by Crippen LogP contribution is -2.18. The summed E-state index contributed by atoms with van der Waals surface area (Å²) in [5.41, 5.74) is 2.44. The fourth-order valence-electron chi connectivity index (χ4n) is 1.84. The second-order valence-corrected chi connectivity index (χ2v) is 6.29. The van der Waals surface area contributed by atoms with Crippen LogP contribution in [0.2, 0.25) is 0 Å². The Bertz CT molecular complexity index is 352. The van der Waals surface area contributed by atoms with Crippen molar-refractivity contribution in [2.75, 3.05) is 18.1 Å². The van der Waals surface area contributed by atoms with Gasteiger partial charge in [-0.1, -0.05) is 13.8 Å². The summed E-state index contributed by atoms with van der Waals surface area (Å²) < 4.78 is 3.28. The van der Waals surface area contributed by atoms with Gasteiger partial charge in [-0.05, 0) is 53.7 Å². The molecule has 0 aromatic carbocycles. The molecule has 0 aliphatic carbocycles. The minimum atomic E-state index is 0.901. The summed E-state index contributed by atoms with van der Waals surface area (Å²) in [7, 11) is 0. The Hall–Kier alpha value is 0. The SMILES string of the molecule is CCSCCCNCc1c(Br)c(CC)nn1CC. The lowest BCUT2D eigenvalue weighted by atomic mass is 10.3. The van der Waals surface area contributed by atoms with E-state index in [9.17, 15) is 0 Å². The maximum atomic E-state index is 4.60. The Morgan fingerprint density at radius 1 is 1.33 bits per heavy atom. The van der Waals surface area contributed by atoms with Gasteiger partial charge in [-0.25, -0.2) is 0 Å². The van der Waals surface area contributed by atoms with E-state index in [1.54, 1.807) is 0 Å². The number of halogens is 1. The van der Waals surface area contributed by atoms with Crippen molar-refractivity contribution in [3.8, 4) is 0 Å². The van der Waals surface area contributed by atoms with Gasteiger partial charge in [0.15, 0.2) is 0 Å². The third kappa shape index (κ3) is 4.59. The van der Waals surface area contributed by atoms with Crippen molar-refractivity contribution >= 4 is 27.7 Å². The summed E-state index contributed by atoms with van der Waals surface area (Å²) in [5.74, 6) is 2.46. The molecule has 0 aliphatic rings. The van der Waals surface area contributed by atoms with Crippen molar-refractivity contribution in [1.29, 1.82) is 0 Å². The molecular formula is C13H24BrN3S. The fourth-order valence-corrected chi connectivity index (χ4v) is 3.18. The molecule has 0 bridgehead atoms. The highest BCUT2D eigenvalue weighted by Crippen LogP contribution is 2.22. The maximum absolute atomic E-state index is 4.60. The zero-order valence-corrected chi connectivity index (χ0v) is 14.0. The number of thioether (sulfide) groups is 1. The second-order valence-electron chi connectivity index (χ2n) is 4.10. The van der Waals surface area contributed by atoms with Crippen LogP contribution in [0.4, 0.5) is 0 Å². The second kappa shape index (κ2) is 8.99. The van der Waals surface area contributed by atoms with Crippen molar-refractivity contribution in [2.24, 2.45) is 0 Å². The molecule has 1 aromatic heterocycles. The van der Waals surface area contributed by atoms with Crippen LogP contribution in [0.3, 0.4) is 0 Å². The Balaban J connectivity index is 2.43. The van der Waals surface area contributed by atoms with Crippen LogP contribution in [0.5, 0.6) is 0 Å². The molecule has 0 atom stereocenters. The van der Waals surface area contributed by atoms with E-state index in [-0.39, 0.29) is 0 Å². The zero-order chi connectivity index (χ0) is 13.4. The van der Waals surface area contributed by atoms with Crippen LogP contribution in [0.25, 0.3) is 0 Å². The highest BCUT2D eigenvalue weighted by molar-refractivity contribution is 9.10. The van der Waals surface area contributed by atoms with Crippen LogP contribution < -0.4 is 5.32 Å². The van der Waals surface area contributed by atoms with Crippen LogP contribution in [0.1, 0.15) is 38.6 Å². The molecule has 0 aliphatic heterocycles. The van der Waals surface area contributed by atoms with Crippen molar-refractivity contribution in [3.63, 3.8) is 0 Å². The zero-order valence-electron chi connectivity index (χ0n) is 11.6. The summed E-state index contributed by atoms with van der Waals surface area (Å²) in [4.78, 5) is 0. The summed E-state index contributed by atoms with van der Waals surface area (Å²) >= 11 is 5.68. The predicted octanol–water partition coefficient (Wildman–Crippen LogP) is 3.46. The standard InChI is InChI=1S/C13H24BrN3S/c1-4-11-13(14)12(17(5-2)16-11)10-15-8-7-9-18-6-3/h15H,4-10H2,1-3H3. The molecule has 5 heteroatoms. The quantitative estimate of drug-likeness (QED) is 0.702. The number of hydrogen-bond acceptors (Lipinski definition) is 3. The van der Waals surface area contributed by atoms with Gasteiger partial charge in [-0.3, -0.25) is 4.68 Å². The van der Waals surface area contributed by atoms with Gasteiger partial charge in [0.25, 0.3) is 0 Å². The van der Waals surface area contributed by atoms with Crippen molar-refractivity contribution in [1.82, 2.24) is 15.1 Å². The van der Waals surface area contributed by atoms with Gasteiger partial charge in [0.1, 0.15) is 0 Å². The van der Waals surface area contributed by atoms with Crippen LogP contribution in [0.15, 0.2) is 4.47 Å². The predicted molar refractivity (Wildman–Crippen MR) is 84.3 cm³/mol. The topological polar surface area (TPSA) is 29.9 Å². The lowest BCUT2D eigenvalue weighted by Gasteiger charge is -2.07. The van der Waals surface area contributed by atoms with Crippen LogP contribution in [-0.2, 0) is 19.5 Å². The van der Waals surface area contributed by atoms with Gasteiger partial charge in [-0.15, -0.1) is 0 Å². The third-order valence-electron chi connectivity index (χ3n) is 2.83. The summed E-state index contributed by atoms with van der Waals surface area (Å²) in [6, 6.07) is 0. The molecular weight excluding hydrogens is 310 g/mol. The van der Waals surface area contributed by atoms with E-state index >= 15 is 0 Å². The molecule has 0 spiro atoms. The molecule has 0 fully saturated rings. The van der Waals surface area contributed by atoms with E-state index in [0.717, 1.165) is 31.7 Å². The fraction of sp³-hybridized carbons (Fsp3) is 0.769. The Labute approximate surface area is 123 Å². The molecule has 0 unspecified atom stereocenters. The first-order chi connectivity index (χ1) is 8.74. The van der Waals surface area contributed by atoms with Crippen LogP contribution in [0, 0.1) is 0 Å². The normalized spacial score (nSPS) is 11.1. The van der Waals surface area contributed by atoms with E-state index in [0.29, 0.717) is 0 Å². The molecule has 1 N–H and O–H groups in total. The first kappa shape index (κ1) is 16.1. The summed E-state index contributed by atoms with van der Waals surface area (Å²) in [6.07, 6.45) is 2.21. The highest BCUT2D eigenvalue weighted by atomic mass is 79.9. The Morgan fingerprint density at radius 3 is 2.72 bits per heavy atom. The molecule has 0 saturated heterocycles. The summed E-state index contributed by atoms with van der Waals surface area (Å²) in [6.45, 7) is 9.41. The molecule has 1 rings (SSSR count). The molecule has 1 aromatic rings. The van der Waals surface area contributed by atoms with Gasteiger partial charge < -0.3 is 5.32 Å². The lowest BCUT2D eigenvalue weighted by molar-refractivity contribution is 0.575. The first-order valence-corrected chi connectivity index (χ1v) is 8.71. The number of hydrogen-bond donors (Lipinski definition) is 1. The smallest absolute Gasteiger partial charge is 0.0767 e. The number of aromatic nitrogens is 2. The minimum Gasteiger partial charge on any atom is -0.311 e. The first-order valence-electron chi connectivity index (χ1n) is 6.77. The van der Waals surface area contributed by atoms with Crippen molar-refractivity contribution < 1.29 is 0 Å². The largest absolute Gasteiger partial charge is 0.311 e. The van der Waals surface area contributed by atoms with Gasteiger partial charge in [-0.2, -0.15) is 16.9 Å². The summed E-state index contributed by atoms with van der Waals surface area (Å²) in [5, 5.41) is 8.11. The molecule has 18 heavy (non-hydrogen) atoms. The van der Waals surface area contributed by atoms with E-state index in [4.69, 9.17) is 0 Å². The minimum absolute atomic E-state index is 0.901. The average Bonchev–Trinajstić information content (AvgIpc) is 2.70. The van der Waals surface area contributed by atoms with Crippen LogP contribution in [-0.4, -0.2) is 27.8 Å². The third-order valence-corrected chi connectivity index (χ3v) is 4.73. The van der Waals surface area contributed by atoms with Crippen molar-refractivity contribution in [2.45, 2.75) is 46.7 Å². The van der Waals surface area contributed by atoms with Gasteiger partial charge >= 0.3 is 0 Å². The van der Waals surface area contributed by atoms with E-state index < -0.39 is 0 Å². The Morgan fingerprint density at radius 2 is 2.11 bits per heavy atom. The highest BCUT2D eigenvalue weighted by Gasteiger charge is 2.12. The maximum Gasteiger partial charge on any atom is 0.0767 e. The molecule has 104 valence electrons. The van der Waals surface area contributed by atoms with E-state index in [2.05, 4.69) is 51.8 Å². The van der Waals surface area contributed by atoms with Crippen molar-refractivity contribution in [3.05, 3.63) is 15.9 Å². The van der Waals surface area contributed by atoms with Gasteiger partial charge in [0.2, 0.25) is 0 Å². The number of rotatable bonds is 9. The van der Waals surface area contributed by atoms with Gasteiger partial charge in [0, 0.05) is 13.1 Å². The molecule has 1 heterocycles. The number of aryl methyl sites for hydroxylation is 2. The Kier molecular flexibility index (Phi) is 8.02. The number of nitrogens with zero attached hydrogens (tertiary/aromatic N) is 2. The monoisotopic (exact) mass is 333 g/mol. The van der Waals surface area contributed by atoms with E-state index in [1.807, 2.05) is 11.8 Å². The average molecular weight is 334 g/mol. The molecule has 0 saturated carbocycles. The molecule has 0 amide bonds.